The van der Waals surface area contributed by atoms with Crippen LogP contribution in [0, 0.1) is 11.6 Å². The van der Waals surface area contributed by atoms with Crippen molar-refractivity contribution in [3.8, 4) is 0 Å². The first-order chi connectivity index (χ1) is 12.7. The van der Waals surface area contributed by atoms with Gasteiger partial charge in [0.05, 0.1) is 4.90 Å². The predicted octanol–water partition coefficient (Wildman–Crippen LogP) is 2.92. The predicted molar refractivity (Wildman–Crippen MR) is 97.0 cm³/mol. The van der Waals surface area contributed by atoms with Crippen LogP contribution in [-0.4, -0.2) is 34.1 Å². The first-order valence-electron chi connectivity index (χ1n) is 8.10. The normalized spacial score (nSPS) is 12.4. The van der Waals surface area contributed by atoms with E-state index in [0.29, 0.717) is 24.7 Å². The zero-order valence-electron chi connectivity index (χ0n) is 14.8. The van der Waals surface area contributed by atoms with Crippen LogP contribution in [0.5, 0.6) is 0 Å². The number of anilines is 1. The highest BCUT2D eigenvalue weighted by molar-refractivity contribution is 7.92. The molecule has 1 unspecified atom stereocenters. The Morgan fingerprint density at radius 2 is 1.78 bits per heavy atom. The van der Waals surface area contributed by atoms with Crippen LogP contribution in [0.1, 0.15) is 23.7 Å². The zero-order valence-corrected chi connectivity index (χ0v) is 15.6. The average Bonchev–Trinajstić information content (AvgIpc) is 2.62. The number of benzene rings is 2. The number of hydrogen-bond acceptors (Lipinski definition) is 4. The van der Waals surface area contributed by atoms with Gasteiger partial charge in [0.2, 0.25) is 0 Å². The fraction of sp³-hybridized carbons (Fsp3) is 0.278. The lowest BCUT2D eigenvalue weighted by Crippen LogP contribution is -2.33. The van der Waals surface area contributed by atoms with E-state index in [9.17, 15) is 22.0 Å². The largest absolute Gasteiger partial charge is 0.385 e. The molecule has 0 saturated carbocycles. The summed E-state index contributed by atoms with van der Waals surface area (Å²) < 4.78 is 57.9. The molecular formula is C18H20F2N2O4S. The van der Waals surface area contributed by atoms with Crippen LogP contribution >= 0.6 is 0 Å². The minimum Gasteiger partial charge on any atom is -0.385 e. The minimum absolute atomic E-state index is 0.0796. The maximum Gasteiger partial charge on any atom is 0.261 e. The number of rotatable bonds is 8. The lowest BCUT2D eigenvalue weighted by molar-refractivity contribution is 0.0929. The Labute approximate surface area is 156 Å². The Hall–Kier alpha value is -2.52. The van der Waals surface area contributed by atoms with E-state index < -0.39 is 26.6 Å². The van der Waals surface area contributed by atoms with Gasteiger partial charge in [-0.15, -0.1) is 0 Å². The van der Waals surface area contributed by atoms with Crippen LogP contribution in [0.3, 0.4) is 0 Å². The third kappa shape index (κ3) is 5.73. The third-order valence-corrected chi connectivity index (χ3v) is 5.11. The van der Waals surface area contributed by atoms with Crippen molar-refractivity contribution in [2.24, 2.45) is 0 Å². The van der Waals surface area contributed by atoms with E-state index in [4.69, 9.17) is 4.74 Å². The van der Waals surface area contributed by atoms with Crippen molar-refractivity contribution < 1.29 is 26.7 Å². The van der Waals surface area contributed by atoms with Gasteiger partial charge in [0.15, 0.2) is 11.6 Å². The van der Waals surface area contributed by atoms with Crippen molar-refractivity contribution >= 4 is 21.6 Å². The second-order valence-electron chi connectivity index (χ2n) is 5.91. The molecule has 0 aliphatic carbocycles. The zero-order chi connectivity index (χ0) is 20.0. The number of sulfonamides is 1. The summed E-state index contributed by atoms with van der Waals surface area (Å²) in [5, 5.41) is 2.80. The molecule has 2 aromatic rings. The molecule has 0 spiro atoms. The van der Waals surface area contributed by atoms with Crippen molar-refractivity contribution in [3.05, 3.63) is 59.7 Å². The van der Waals surface area contributed by atoms with Crippen LogP contribution < -0.4 is 10.0 Å². The number of methoxy groups -OCH3 is 1. The Bertz CT molecular complexity index is 902. The van der Waals surface area contributed by atoms with Crippen LogP contribution in [0.15, 0.2) is 47.4 Å². The monoisotopic (exact) mass is 398 g/mol. The summed E-state index contributed by atoms with van der Waals surface area (Å²) in [5.74, 6) is -2.69. The fourth-order valence-corrected chi connectivity index (χ4v) is 3.29. The lowest BCUT2D eigenvalue weighted by Gasteiger charge is -2.14. The van der Waals surface area contributed by atoms with E-state index >= 15 is 0 Å². The highest BCUT2D eigenvalue weighted by atomic mass is 32.2. The maximum absolute atomic E-state index is 13.3. The maximum atomic E-state index is 13.3. The van der Waals surface area contributed by atoms with E-state index in [1.54, 1.807) is 7.11 Å². The van der Waals surface area contributed by atoms with Crippen molar-refractivity contribution in [2.75, 3.05) is 18.4 Å². The molecule has 0 heterocycles. The molecular weight excluding hydrogens is 378 g/mol. The fourth-order valence-electron chi connectivity index (χ4n) is 2.22. The van der Waals surface area contributed by atoms with E-state index in [1.807, 2.05) is 6.92 Å². The van der Waals surface area contributed by atoms with E-state index in [-0.39, 0.29) is 17.6 Å². The van der Waals surface area contributed by atoms with Gasteiger partial charge in [-0.05, 0) is 55.8 Å². The number of hydrogen-bond donors (Lipinski definition) is 2. The van der Waals surface area contributed by atoms with Gasteiger partial charge < -0.3 is 10.1 Å². The number of carbonyl (C=O) groups excluding carboxylic acids is 1. The van der Waals surface area contributed by atoms with Crippen molar-refractivity contribution in [1.29, 1.82) is 0 Å². The first kappa shape index (κ1) is 20.8. The Kier molecular flexibility index (Phi) is 6.86. The summed E-state index contributed by atoms with van der Waals surface area (Å²) in [6.45, 7) is 2.37. The SMILES string of the molecule is COCCC(C)NC(=O)c1ccc(NS(=O)(=O)c2ccc(F)c(F)c2)cc1. The van der Waals surface area contributed by atoms with Crippen molar-refractivity contribution in [3.63, 3.8) is 0 Å². The Balaban J connectivity index is 2.06. The average molecular weight is 398 g/mol. The van der Waals surface area contributed by atoms with Gasteiger partial charge in [-0.25, -0.2) is 17.2 Å². The van der Waals surface area contributed by atoms with E-state index in [0.717, 1.165) is 12.1 Å². The molecule has 0 aliphatic heterocycles. The van der Waals surface area contributed by atoms with Crippen LogP contribution in [-0.2, 0) is 14.8 Å². The quantitative estimate of drug-likeness (QED) is 0.716. The summed E-state index contributed by atoms with van der Waals surface area (Å²) >= 11 is 0. The highest BCUT2D eigenvalue weighted by Gasteiger charge is 2.17. The van der Waals surface area contributed by atoms with Gasteiger partial charge in [0.25, 0.3) is 15.9 Å². The molecule has 146 valence electrons. The molecule has 9 heteroatoms. The number of ether oxygens (including phenoxy) is 1. The number of halogens is 2. The minimum atomic E-state index is -4.09. The molecule has 1 atom stereocenters. The van der Waals surface area contributed by atoms with Crippen LogP contribution in [0.2, 0.25) is 0 Å². The van der Waals surface area contributed by atoms with Gasteiger partial charge in [-0.1, -0.05) is 0 Å². The summed E-state index contributed by atoms with van der Waals surface area (Å²) in [4.78, 5) is 11.7. The molecule has 0 bridgehead atoms. The summed E-state index contributed by atoms with van der Waals surface area (Å²) in [7, 11) is -2.51. The summed E-state index contributed by atoms with van der Waals surface area (Å²) in [5.41, 5.74) is 0.541. The molecule has 6 nitrogen and oxygen atoms in total. The van der Waals surface area contributed by atoms with Crippen molar-refractivity contribution in [1.82, 2.24) is 5.32 Å². The van der Waals surface area contributed by atoms with Crippen LogP contribution in [0.25, 0.3) is 0 Å². The second-order valence-corrected chi connectivity index (χ2v) is 7.60. The van der Waals surface area contributed by atoms with Gasteiger partial charge in [-0.2, -0.15) is 0 Å². The second kappa shape index (κ2) is 8.92. The molecule has 2 N–H and O–H groups in total. The topological polar surface area (TPSA) is 84.5 Å². The molecule has 0 fully saturated rings. The highest BCUT2D eigenvalue weighted by Crippen LogP contribution is 2.19. The molecule has 0 aromatic heterocycles. The molecule has 0 radical (unpaired) electrons. The Morgan fingerprint density at radius 3 is 2.37 bits per heavy atom. The van der Waals surface area contributed by atoms with Crippen LogP contribution in [0.4, 0.5) is 14.5 Å². The standard InChI is InChI=1S/C18H20F2N2O4S/c1-12(9-10-26-2)21-18(23)13-3-5-14(6-4-13)22-27(24,25)15-7-8-16(19)17(20)11-15/h3-8,11-12,22H,9-10H2,1-2H3,(H,21,23). The third-order valence-electron chi connectivity index (χ3n) is 3.73. The molecule has 1 amide bonds. The van der Waals surface area contributed by atoms with Gasteiger partial charge >= 0.3 is 0 Å². The first-order valence-corrected chi connectivity index (χ1v) is 9.59. The number of amides is 1. The molecule has 2 rings (SSSR count). The summed E-state index contributed by atoms with van der Waals surface area (Å²) in [6, 6.07) is 7.96. The van der Waals surface area contributed by atoms with E-state index in [2.05, 4.69) is 10.0 Å². The van der Waals surface area contributed by atoms with Gasteiger partial charge in [0.1, 0.15) is 0 Å². The van der Waals surface area contributed by atoms with Gasteiger partial charge in [0, 0.05) is 31.0 Å². The Morgan fingerprint density at radius 1 is 1.11 bits per heavy atom. The smallest absolute Gasteiger partial charge is 0.261 e. The van der Waals surface area contributed by atoms with Gasteiger partial charge in [-0.3, -0.25) is 9.52 Å². The lowest BCUT2D eigenvalue weighted by atomic mass is 10.1. The molecule has 2 aromatic carbocycles. The molecule has 0 saturated heterocycles. The number of nitrogens with one attached hydrogen (secondary N) is 2. The van der Waals surface area contributed by atoms with Crippen molar-refractivity contribution in [2.45, 2.75) is 24.3 Å². The summed E-state index contributed by atoms with van der Waals surface area (Å²) in [6.07, 6.45) is 0.661. The molecule has 27 heavy (non-hydrogen) atoms. The van der Waals surface area contributed by atoms with E-state index in [1.165, 1.54) is 24.3 Å². The number of carbonyl (C=O) groups is 1. The molecule has 0 aliphatic rings.